The lowest BCUT2D eigenvalue weighted by molar-refractivity contribution is -0.139. The first-order valence-electron chi connectivity index (χ1n) is 7.66. The van der Waals surface area contributed by atoms with Crippen molar-refractivity contribution in [2.24, 2.45) is 0 Å². The summed E-state index contributed by atoms with van der Waals surface area (Å²) in [7, 11) is 1.17. The lowest BCUT2D eigenvalue weighted by Crippen LogP contribution is -2.54. The smallest absolute Gasteiger partial charge is 0.317 e. The van der Waals surface area contributed by atoms with E-state index in [1.807, 2.05) is 6.92 Å². The number of halogens is 2. The molecule has 132 valence electrons. The fourth-order valence-corrected chi connectivity index (χ4v) is 2.88. The number of likely N-dealkylation sites (N-methyl/N-ethyl adjacent to an activating group) is 1. The molecule has 1 amide bonds. The molecule has 0 aromatic heterocycles. The van der Waals surface area contributed by atoms with Crippen LogP contribution in [0.25, 0.3) is 0 Å². The number of carbonyl (C=O) groups is 2. The molecule has 0 saturated heterocycles. The van der Waals surface area contributed by atoms with Gasteiger partial charge in [-0.05, 0) is 31.5 Å². The van der Waals surface area contributed by atoms with Crippen LogP contribution in [0.3, 0.4) is 0 Å². The highest BCUT2D eigenvalue weighted by Crippen LogP contribution is 2.28. The summed E-state index contributed by atoms with van der Waals surface area (Å²) in [6, 6.07) is 1.62. The highest BCUT2D eigenvalue weighted by Gasteiger charge is 2.35. The second kappa shape index (κ2) is 7.57. The zero-order chi connectivity index (χ0) is 17.9. The Morgan fingerprint density at radius 3 is 2.50 bits per heavy atom. The lowest BCUT2D eigenvalue weighted by atomic mass is 9.85. The van der Waals surface area contributed by atoms with E-state index in [0.29, 0.717) is 19.4 Å². The van der Waals surface area contributed by atoms with Crippen LogP contribution in [0.1, 0.15) is 30.1 Å². The van der Waals surface area contributed by atoms with Gasteiger partial charge in [-0.3, -0.25) is 14.5 Å². The van der Waals surface area contributed by atoms with E-state index in [0.717, 1.165) is 12.1 Å². The van der Waals surface area contributed by atoms with Gasteiger partial charge in [-0.2, -0.15) is 0 Å². The van der Waals surface area contributed by atoms with Crippen molar-refractivity contribution in [3.63, 3.8) is 0 Å². The summed E-state index contributed by atoms with van der Waals surface area (Å²) in [5, 5.41) is 11.5. The Kier molecular flexibility index (Phi) is 5.71. The number of nitrogens with one attached hydrogen (secondary N) is 1. The molecule has 0 radical (unpaired) electrons. The molecule has 2 rings (SSSR count). The number of methoxy groups -OCH3 is 1. The predicted molar refractivity (Wildman–Crippen MR) is 82.1 cm³/mol. The number of ether oxygens (including phenoxy) is 1. The normalized spacial score (nSPS) is 19.7. The molecule has 1 aliphatic carbocycles. The number of benzene rings is 1. The first-order valence-corrected chi connectivity index (χ1v) is 7.66. The Bertz CT molecular complexity index is 633. The number of hydrogen-bond acceptors (Lipinski definition) is 4. The minimum absolute atomic E-state index is 0.0515. The predicted octanol–water partition coefficient (Wildman–Crippen LogP) is 1.64. The van der Waals surface area contributed by atoms with Crippen molar-refractivity contribution in [3.8, 4) is 5.75 Å². The van der Waals surface area contributed by atoms with E-state index >= 15 is 0 Å². The van der Waals surface area contributed by atoms with E-state index in [1.54, 1.807) is 4.90 Å². The van der Waals surface area contributed by atoms with Crippen LogP contribution in [0.5, 0.6) is 5.75 Å². The lowest BCUT2D eigenvalue weighted by Gasteiger charge is -2.42. The van der Waals surface area contributed by atoms with Crippen LogP contribution in [0.4, 0.5) is 8.78 Å². The molecule has 0 aliphatic heterocycles. The first kappa shape index (κ1) is 18.1. The topological polar surface area (TPSA) is 78.9 Å². The number of carboxylic acids is 1. The van der Waals surface area contributed by atoms with Crippen molar-refractivity contribution in [3.05, 3.63) is 29.3 Å². The molecule has 0 heterocycles. The highest BCUT2D eigenvalue weighted by atomic mass is 19.1. The molecular weight excluding hydrogens is 322 g/mol. The van der Waals surface area contributed by atoms with E-state index in [9.17, 15) is 18.4 Å². The zero-order valence-corrected chi connectivity index (χ0v) is 13.5. The molecule has 2 N–H and O–H groups in total. The van der Waals surface area contributed by atoms with Crippen molar-refractivity contribution in [1.82, 2.24) is 10.2 Å². The number of hydrogen-bond donors (Lipinski definition) is 2. The summed E-state index contributed by atoms with van der Waals surface area (Å²) in [6.07, 6.45) is 1.12. The summed E-state index contributed by atoms with van der Waals surface area (Å²) < 4.78 is 32.3. The fourth-order valence-electron chi connectivity index (χ4n) is 2.88. The van der Waals surface area contributed by atoms with Gasteiger partial charge in [0.1, 0.15) is 11.4 Å². The number of aliphatic carboxylic acids is 1. The Labute approximate surface area is 138 Å². The molecule has 0 spiro atoms. The Morgan fingerprint density at radius 2 is 1.96 bits per heavy atom. The van der Waals surface area contributed by atoms with E-state index < -0.39 is 34.8 Å². The van der Waals surface area contributed by atoms with Gasteiger partial charge in [0.05, 0.1) is 13.7 Å². The molecular formula is C16H20F2N2O4. The third kappa shape index (κ3) is 3.81. The first-order chi connectivity index (χ1) is 11.4. The molecule has 8 heteroatoms. The van der Waals surface area contributed by atoms with Crippen molar-refractivity contribution < 1.29 is 28.2 Å². The second-order valence-corrected chi connectivity index (χ2v) is 5.69. The number of carboxylic acid groups (broad SMARTS) is 1. The number of carbonyl (C=O) groups excluding carboxylic acids is 1. The van der Waals surface area contributed by atoms with Gasteiger partial charge >= 0.3 is 5.97 Å². The third-order valence-corrected chi connectivity index (χ3v) is 4.20. The molecule has 0 unspecified atom stereocenters. The maximum Gasteiger partial charge on any atom is 0.317 e. The van der Waals surface area contributed by atoms with E-state index in [-0.39, 0.29) is 18.6 Å². The quantitative estimate of drug-likeness (QED) is 0.788. The van der Waals surface area contributed by atoms with Crippen LogP contribution in [0.15, 0.2) is 12.1 Å². The minimum Gasteiger partial charge on any atom is -0.493 e. The van der Waals surface area contributed by atoms with Crippen molar-refractivity contribution in [1.29, 1.82) is 0 Å². The number of rotatable bonds is 7. The number of nitrogens with zero attached hydrogens (tertiary/aromatic N) is 1. The average Bonchev–Trinajstić information content (AvgIpc) is 2.49. The van der Waals surface area contributed by atoms with Gasteiger partial charge in [-0.1, -0.05) is 6.92 Å². The third-order valence-electron chi connectivity index (χ3n) is 4.20. The summed E-state index contributed by atoms with van der Waals surface area (Å²) >= 11 is 0. The average molecular weight is 342 g/mol. The molecule has 1 fully saturated rings. The highest BCUT2D eigenvalue weighted by molar-refractivity contribution is 5.97. The Balaban J connectivity index is 1.98. The second-order valence-electron chi connectivity index (χ2n) is 5.69. The van der Waals surface area contributed by atoms with Crippen LogP contribution < -0.4 is 10.1 Å². The largest absolute Gasteiger partial charge is 0.493 e. The summed E-state index contributed by atoms with van der Waals surface area (Å²) in [6.45, 7) is 2.39. The van der Waals surface area contributed by atoms with Crippen LogP contribution in [-0.2, 0) is 4.79 Å². The number of amides is 1. The van der Waals surface area contributed by atoms with Gasteiger partial charge in [0.15, 0.2) is 11.6 Å². The van der Waals surface area contributed by atoms with Crippen LogP contribution in [0.2, 0.25) is 0 Å². The van der Waals surface area contributed by atoms with Crippen LogP contribution in [0, 0.1) is 11.6 Å². The van der Waals surface area contributed by atoms with Gasteiger partial charge < -0.3 is 15.2 Å². The maximum atomic E-state index is 13.9. The molecule has 0 atom stereocenters. The minimum atomic E-state index is -0.907. The van der Waals surface area contributed by atoms with Gasteiger partial charge in [-0.15, -0.1) is 0 Å². The Hall–Kier alpha value is -2.22. The molecule has 1 aromatic carbocycles. The van der Waals surface area contributed by atoms with Crippen LogP contribution >= 0.6 is 0 Å². The summed E-state index contributed by atoms with van der Waals surface area (Å²) in [4.78, 5) is 24.8. The van der Waals surface area contributed by atoms with Crippen LogP contribution in [-0.4, -0.2) is 54.2 Å². The van der Waals surface area contributed by atoms with Gasteiger partial charge in [0, 0.05) is 12.1 Å². The van der Waals surface area contributed by atoms with Crippen molar-refractivity contribution in [2.75, 3.05) is 20.2 Å². The SMILES string of the molecule is CCN(CC(=O)O)C1CC(NC(=O)c2c(F)ccc(F)c2OC)C1. The van der Waals surface area contributed by atoms with Gasteiger partial charge in [-0.25, -0.2) is 8.78 Å². The van der Waals surface area contributed by atoms with Gasteiger partial charge in [0.25, 0.3) is 5.91 Å². The van der Waals surface area contributed by atoms with E-state index in [2.05, 4.69) is 5.32 Å². The fraction of sp³-hybridized carbons (Fsp3) is 0.500. The molecule has 6 nitrogen and oxygen atoms in total. The summed E-state index contributed by atoms with van der Waals surface area (Å²) in [5.41, 5.74) is -0.459. The molecule has 1 saturated carbocycles. The van der Waals surface area contributed by atoms with E-state index in [4.69, 9.17) is 9.84 Å². The molecule has 24 heavy (non-hydrogen) atoms. The Morgan fingerprint density at radius 1 is 1.33 bits per heavy atom. The standard InChI is InChI=1S/C16H20F2N2O4/c1-3-20(8-13(21)22)10-6-9(7-10)19-16(23)14-11(17)4-5-12(18)15(14)24-2/h4-5,9-10H,3,6-8H2,1-2H3,(H,19,23)(H,21,22). The molecule has 1 aliphatic rings. The molecule has 0 bridgehead atoms. The molecule has 1 aromatic rings. The van der Waals surface area contributed by atoms with Crippen molar-refractivity contribution in [2.45, 2.75) is 31.8 Å². The zero-order valence-electron chi connectivity index (χ0n) is 13.5. The van der Waals surface area contributed by atoms with Gasteiger partial charge in [0.2, 0.25) is 0 Å². The summed E-state index contributed by atoms with van der Waals surface area (Å²) in [5.74, 6) is -3.74. The van der Waals surface area contributed by atoms with Crippen molar-refractivity contribution >= 4 is 11.9 Å². The van der Waals surface area contributed by atoms with E-state index in [1.165, 1.54) is 7.11 Å². The monoisotopic (exact) mass is 342 g/mol. The maximum absolute atomic E-state index is 13.9.